The van der Waals surface area contributed by atoms with Crippen molar-refractivity contribution in [1.82, 2.24) is 15.4 Å². The molecule has 0 aliphatic carbocycles. The highest BCUT2D eigenvalue weighted by molar-refractivity contribution is 4.62. The van der Waals surface area contributed by atoms with Gasteiger partial charge in [0.2, 0.25) is 0 Å². The van der Waals surface area contributed by atoms with Crippen LogP contribution in [-0.2, 0) is 0 Å². The largest absolute Gasteiger partial charge is 0.138 e. The number of hydrogen-bond donors (Lipinski definition) is 0. The van der Waals surface area contributed by atoms with Gasteiger partial charge in [-0.3, -0.25) is 0 Å². The van der Waals surface area contributed by atoms with Crippen LogP contribution in [0.2, 0.25) is 0 Å². The van der Waals surface area contributed by atoms with Crippen LogP contribution in [0.4, 0.5) is 0 Å². The molecule has 3 heteroatoms. The average Bonchev–Trinajstić information content (AvgIpc) is 1.72. The lowest BCUT2D eigenvalue weighted by molar-refractivity contribution is 0.857. The van der Waals surface area contributed by atoms with E-state index in [4.69, 9.17) is 0 Å². The van der Waals surface area contributed by atoms with Crippen molar-refractivity contribution in [3.8, 4) is 0 Å². The van der Waals surface area contributed by atoms with Crippen LogP contribution < -0.4 is 0 Å². The van der Waals surface area contributed by atoms with Gasteiger partial charge in [-0.15, -0.1) is 10.2 Å². The average molecular weight is 79.1 g/mol. The zero-order chi connectivity index (χ0) is 4.24. The molecule has 0 saturated heterocycles. The van der Waals surface area contributed by atoms with E-state index < -0.39 is 0 Å². The van der Waals surface area contributed by atoms with Gasteiger partial charge in [-0.25, -0.2) is 0 Å². The summed E-state index contributed by atoms with van der Waals surface area (Å²) in [4.78, 5) is 0. The van der Waals surface area contributed by atoms with Crippen LogP contribution in [0.1, 0.15) is 0 Å². The zero-order valence-electron chi connectivity index (χ0n) is 2.92. The van der Waals surface area contributed by atoms with Crippen LogP contribution in [0.25, 0.3) is 0 Å². The summed E-state index contributed by atoms with van der Waals surface area (Å²) >= 11 is 0. The summed E-state index contributed by atoms with van der Waals surface area (Å²) in [5, 5.41) is 9.78. The van der Waals surface area contributed by atoms with Gasteiger partial charge in [-0.1, -0.05) is 0 Å². The van der Waals surface area contributed by atoms with Crippen molar-refractivity contribution >= 4 is 0 Å². The Kier molecular flexibility index (Phi) is 0.774. The molecule has 6 heavy (non-hydrogen) atoms. The van der Waals surface area contributed by atoms with Crippen LogP contribution in [0.5, 0.6) is 0 Å². The van der Waals surface area contributed by atoms with Crippen molar-refractivity contribution in [2.75, 3.05) is 0 Å². The van der Waals surface area contributed by atoms with Gasteiger partial charge >= 0.3 is 0 Å². The molecule has 1 aromatic rings. The van der Waals surface area contributed by atoms with Crippen molar-refractivity contribution < 1.29 is 0 Å². The van der Waals surface area contributed by atoms with Crippen LogP contribution in [0, 0.1) is 12.3 Å². The molecule has 1 rings (SSSR count). The molecule has 0 bridgehead atoms. The topological polar surface area (TPSA) is 38.7 Å². The van der Waals surface area contributed by atoms with Gasteiger partial charge in [-0.2, -0.15) is 0 Å². The number of aromatic nitrogens is 3. The fourth-order valence-electron chi connectivity index (χ4n) is 0.161. The molecule has 0 atom stereocenters. The van der Waals surface area contributed by atoms with Gasteiger partial charge in [0, 0.05) is 6.07 Å². The van der Waals surface area contributed by atoms with Gasteiger partial charge in [0.1, 0.15) is 6.20 Å². The van der Waals surface area contributed by atoms with Crippen molar-refractivity contribution in [3.63, 3.8) is 0 Å². The molecular formula is C3HN3. The highest BCUT2D eigenvalue weighted by Gasteiger charge is 1.63. The second-order valence-corrected chi connectivity index (χ2v) is 0.690. The number of rotatable bonds is 0. The SMILES string of the molecule is [c]1[c]nnnc1. The molecule has 1 heterocycles. The van der Waals surface area contributed by atoms with Gasteiger partial charge in [0.15, 0.2) is 0 Å². The first-order chi connectivity index (χ1) is 3.00. The summed E-state index contributed by atoms with van der Waals surface area (Å²) < 4.78 is 0. The maximum atomic E-state index is 3.34. The van der Waals surface area contributed by atoms with Crippen molar-refractivity contribution in [2.45, 2.75) is 0 Å². The first kappa shape index (κ1) is 3.21. The summed E-state index contributed by atoms with van der Waals surface area (Å²) in [6, 6.07) is 2.48. The fraction of sp³-hybridized carbons (Fsp3) is 0. The molecule has 0 aliphatic rings. The Morgan fingerprint density at radius 2 is 2.50 bits per heavy atom. The molecule has 0 unspecified atom stereocenters. The molecule has 0 saturated carbocycles. The second kappa shape index (κ2) is 1.45. The van der Waals surface area contributed by atoms with Crippen LogP contribution in [0.15, 0.2) is 6.20 Å². The van der Waals surface area contributed by atoms with Crippen molar-refractivity contribution in [3.05, 3.63) is 18.5 Å². The lowest BCUT2D eigenvalue weighted by atomic mass is 10.7. The molecule has 0 fully saturated rings. The minimum absolute atomic E-state index is 1.40. The standard InChI is InChI=1S/C3HN3/c1-2-4-6-5-3-1/h2H. The Morgan fingerprint density at radius 3 is 2.67 bits per heavy atom. The molecular weight excluding hydrogens is 78.1 g/mol. The Hall–Kier alpha value is -0.990. The first-order valence-corrected chi connectivity index (χ1v) is 1.42. The summed E-state index contributed by atoms with van der Waals surface area (Å²) in [5.41, 5.74) is 0. The smallest absolute Gasteiger partial charge is 0.125 e. The van der Waals surface area contributed by atoms with E-state index in [-0.39, 0.29) is 0 Å². The fourth-order valence-corrected chi connectivity index (χ4v) is 0.161. The molecule has 28 valence electrons. The maximum Gasteiger partial charge on any atom is 0.125 e. The Labute approximate surface area is 35.0 Å². The Morgan fingerprint density at radius 1 is 1.50 bits per heavy atom. The van der Waals surface area contributed by atoms with Gasteiger partial charge < -0.3 is 0 Å². The molecule has 3 nitrogen and oxygen atoms in total. The summed E-state index contributed by atoms with van der Waals surface area (Å²) in [6.07, 6.45) is 3.74. The van der Waals surface area contributed by atoms with Gasteiger partial charge in [-0.05, 0) is 5.21 Å². The highest BCUT2D eigenvalue weighted by atomic mass is 15.3. The van der Waals surface area contributed by atoms with E-state index in [1.807, 2.05) is 0 Å². The third-order valence-corrected chi connectivity index (χ3v) is 0.333. The monoisotopic (exact) mass is 79.0 g/mol. The van der Waals surface area contributed by atoms with Crippen LogP contribution >= 0.6 is 0 Å². The number of nitrogens with zero attached hydrogens (tertiary/aromatic N) is 3. The number of hydrogen-bond acceptors (Lipinski definition) is 3. The summed E-state index contributed by atoms with van der Waals surface area (Å²) in [7, 11) is 0. The van der Waals surface area contributed by atoms with E-state index >= 15 is 0 Å². The summed E-state index contributed by atoms with van der Waals surface area (Å²) in [5.74, 6) is 0. The predicted octanol–water partition coefficient (Wildman–Crippen LogP) is -0.528. The van der Waals surface area contributed by atoms with Crippen molar-refractivity contribution in [1.29, 1.82) is 0 Å². The quantitative estimate of drug-likeness (QED) is 0.419. The normalized spacial score (nSPS) is 8.00. The van der Waals surface area contributed by atoms with Gasteiger partial charge in [0.05, 0.1) is 6.20 Å². The molecule has 0 aromatic carbocycles. The third-order valence-electron chi connectivity index (χ3n) is 0.333. The lowest BCUT2D eigenvalue weighted by Crippen LogP contribution is -1.79. The third kappa shape index (κ3) is 0.484. The molecule has 0 spiro atoms. The molecule has 0 aliphatic heterocycles. The molecule has 0 N–H and O–H groups in total. The molecule has 2 radical (unpaired) electrons. The van der Waals surface area contributed by atoms with E-state index in [0.29, 0.717) is 0 Å². The van der Waals surface area contributed by atoms with E-state index in [1.54, 1.807) is 0 Å². The Balaban J connectivity index is 3.00. The van der Waals surface area contributed by atoms with E-state index in [0.717, 1.165) is 0 Å². The zero-order valence-corrected chi connectivity index (χ0v) is 2.92. The lowest BCUT2D eigenvalue weighted by Gasteiger charge is -1.65. The second-order valence-electron chi connectivity index (χ2n) is 0.690. The first-order valence-electron chi connectivity index (χ1n) is 1.42. The van der Waals surface area contributed by atoms with Gasteiger partial charge in [0.25, 0.3) is 0 Å². The highest BCUT2D eigenvalue weighted by Crippen LogP contribution is 1.58. The van der Waals surface area contributed by atoms with E-state index in [2.05, 4.69) is 27.7 Å². The van der Waals surface area contributed by atoms with Crippen LogP contribution in [0.3, 0.4) is 0 Å². The molecule has 0 amide bonds. The Bertz CT molecular complexity index is 78.0. The summed E-state index contributed by atoms with van der Waals surface area (Å²) in [6.45, 7) is 0. The van der Waals surface area contributed by atoms with E-state index in [9.17, 15) is 0 Å². The minimum atomic E-state index is 1.40. The maximum absolute atomic E-state index is 3.34. The molecule has 1 aromatic heterocycles. The van der Waals surface area contributed by atoms with Crippen molar-refractivity contribution in [2.24, 2.45) is 0 Å². The predicted molar refractivity (Wildman–Crippen MR) is 17.5 cm³/mol. The minimum Gasteiger partial charge on any atom is -0.138 e. The van der Waals surface area contributed by atoms with Crippen LogP contribution in [-0.4, -0.2) is 15.4 Å². The van der Waals surface area contributed by atoms with E-state index in [1.165, 1.54) is 6.20 Å².